The van der Waals surface area contributed by atoms with Crippen LogP contribution in [0.1, 0.15) is 24.7 Å². The zero-order valence-electron chi connectivity index (χ0n) is 12.5. The smallest absolute Gasteiger partial charge is 0.219 e. The highest BCUT2D eigenvalue weighted by Gasteiger charge is 2.24. The number of aromatic amines is 1. The number of carbonyl (C=O) groups is 1. The minimum Gasteiger partial charge on any atom is -0.343 e. The van der Waals surface area contributed by atoms with Crippen molar-refractivity contribution in [1.29, 1.82) is 0 Å². The Morgan fingerprint density at radius 1 is 1.43 bits per heavy atom. The van der Waals surface area contributed by atoms with Gasteiger partial charge < -0.3 is 4.90 Å². The fraction of sp³-hybridized carbons (Fsp3) is 0.438. The summed E-state index contributed by atoms with van der Waals surface area (Å²) >= 11 is 0. The monoisotopic (exact) mass is 284 g/mol. The van der Waals surface area contributed by atoms with Gasteiger partial charge in [0.05, 0.1) is 5.69 Å². The predicted molar refractivity (Wildman–Crippen MR) is 80.6 cm³/mol. The fourth-order valence-corrected chi connectivity index (χ4v) is 2.87. The van der Waals surface area contributed by atoms with Crippen LogP contribution >= 0.6 is 0 Å². The number of likely N-dealkylation sites (tertiary alicyclic amines) is 1. The van der Waals surface area contributed by atoms with Gasteiger partial charge in [-0.05, 0) is 43.9 Å². The molecule has 0 bridgehead atoms. The van der Waals surface area contributed by atoms with Gasteiger partial charge in [-0.2, -0.15) is 5.10 Å². The lowest BCUT2D eigenvalue weighted by Gasteiger charge is -2.13. The molecule has 0 radical (unpaired) electrons. The average molecular weight is 284 g/mol. The van der Waals surface area contributed by atoms with Crippen molar-refractivity contribution < 1.29 is 4.79 Å². The summed E-state index contributed by atoms with van der Waals surface area (Å²) in [6.07, 6.45) is 1.98. The standard InChI is InChI=1S/C16H20N4O/c1-11-8-16(19-18-11)15-5-3-4-14(17-15)9-13-6-7-20(10-13)12(2)21/h3-5,8,13H,6-7,9-10H2,1-2H3,(H,18,19)/t13-/m0/s1. The molecule has 5 nitrogen and oxygen atoms in total. The molecule has 1 saturated heterocycles. The first kappa shape index (κ1) is 13.8. The third-order valence-corrected chi connectivity index (χ3v) is 4.00. The maximum atomic E-state index is 11.4. The number of hydrogen-bond acceptors (Lipinski definition) is 3. The molecular weight excluding hydrogens is 264 g/mol. The molecule has 1 fully saturated rings. The van der Waals surface area contributed by atoms with E-state index in [-0.39, 0.29) is 5.91 Å². The Morgan fingerprint density at radius 3 is 2.95 bits per heavy atom. The van der Waals surface area contributed by atoms with Crippen molar-refractivity contribution in [2.75, 3.05) is 13.1 Å². The van der Waals surface area contributed by atoms with E-state index >= 15 is 0 Å². The van der Waals surface area contributed by atoms with Crippen molar-refractivity contribution in [2.24, 2.45) is 5.92 Å². The second-order valence-electron chi connectivity index (χ2n) is 5.77. The molecule has 3 heterocycles. The molecule has 1 amide bonds. The summed E-state index contributed by atoms with van der Waals surface area (Å²) in [5, 5.41) is 7.20. The van der Waals surface area contributed by atoms with Crippen LogP contribution in [-0.4, -0.2) is 39.1 Å². The van der Waals surface area contributed by atoms with Crippen molar-refractivity contribution in [3.63, 3.8) is 0 Å². The first-order valence-electron chi connectivity index (χ1n) is 7.35. The molecule has 1 aliphatic heterocycles. The normalized spacial score (nSPS) is 18.2. The van der Waals surface area contributed by atoms with Crippen molar-refractivity contribution in [2.45, 2.75) is 26.7 Å². The summed E-state index contributed by atoms with van der Waals surface area (Å²) in [5.74, 6) is 0.684. The summed E-state index contributed by atoms with van der Waals surface area (Å²) in [6, 6.07) is 8.06. The lowest BCUT2D eigenvalue weighted by Crippen LogP contribution is -2.26. The molecule has 0 unspecified atom stereocenters. The molecule has 2 aromatic heterocycles. The Balaban J connectivity index is 1.71. The molecule has 0 aromatic carbocycles. The number of H-pyrrole nitrogens is 1. The van der Waals surface area contributed by atoms with Crippen LogP contribution in [0, 0.1) is 12.8 Å². The van der Waals surface area contributed by atoms with E-state index in [1.54, 1.807) is 6.92 Å². The van der Waals surface area contributed by atoms with Crippen molar-refractivity contribution >= 4 is 5.91 Å². The van der Waals surface area contributed by atoms with E-state index in [2.05, 4.69) is 16.3 Å². The third-order valence-electron chi connectivity index (χ3n) is 4.00. The van der Waals surface area contributed by atoms with E-state index in [4.69, 9.17) is 4.98 Å². The predicted octanol–water partition coefficient (Wildman–Crippen LogP) is 2.19. The van der Waals surface area contributed by atoms with Crippen LogP contribution in [0.25, 0.3) is 11.4 Å². The Kier molecular flexibility index (Phi) is 3.73. The van der Waals surface area contributed by atoms with Gasteiger partial charge in [0.25, 0.3) is 0 Å². The molecule has 0 saturated carbocycles. The molecular formula is C16H20N4O. The van der Waals surface area contributed by atoms with Gasteiger partial charge in [0.1, 0.15) is 5.69 Å². The third kappa shape index (κ3) is 3.12. The van der Waals surface area contributed by atoms with Crippen molar-refractivity contribution in [3.8, 4) is 11.4 Å². The van der Waals surface area contributed by atoms with E-state index in [1.807, 2.05) is 30.0 Å². The molecule has 2 aromatic rings. The molecule has 110 valence electrons. The van der Waals surface area contributed by atoms with Gasteiger partial charge in [0.15, 0.2) is 0 Å². The van der Waals surface area contributed by atoms with Gasteiger partial charge in [0.2, 0.25) is 5.91 Å². The number of aromatic nitrogens is 3. The van der Waals surface area contributed by atoms with Gasteiger partial charge in [-0.1, -0.05) is 6.07 Å². The summed E-state index contributed by atoms with van der Waals surface area (Å²) in [5.41, 5.74) is 3.89. The number of amides is 1. The minimum atomic E-state index is 0.172. The zero-order chi connectivity index (χ0) is 14.8. The van der Waals surface area contributed by atoms with Crippen LogP contribution in [-0.2, 0) is 11.2 Å². The van der Waals surface area contributed by atoms with Gasteiger partial charge in [-0.25, -0.2) is 0 Å². The summed E-state index contributed by atoms with van der Waals surface area (Å²) in [6.45, 7) is 5.34. The second-order valence-corrected chi connectivity index (χ2v) is 5.77. The summed E-state index contributed by atoms with van der Waals surface area (Å²) < 4.78 is 0. The van der Waals surface area contributed by atoms with Crippen LogP contribution in [0.4, 0.5) is 0 Å². The number of carbonyl (C=O) groups excluding carboxylic acids is 1. The number of rotatable bonds is 3. The average Bonchev–Trinajstić information content (AvgIpc) is 3.08. The Labute approximate surface area is 124 Å². The van der Waals surface area contributed by atoms with Gasteiger partial charge in [-0.3, -0.25) is 14.9 Å². The second kappa shape index (κ2) is 5.68. The lowest BCUT2D eigenvalue weighted by atomic mass is 10.0. The topological polar surface area (TPSA) is 61.9 Å². The molecule has 21 heavy (non-hydrogen) atoms. The van der Waals surface area contributed by atoms with Crippen LogP contribution in [0.5, 0.6) is 0 Å². The van der Waals surface area contributed by atoms with Gasteiger partial charge in [-0.15, -0.1) is 0 Å². The highest BCUT2D eigenvalue weighted by molar-refractivity contribution is 5.73. The van der Waals surface area contributed by atoms with Crippen LogP contribution in [0.2, 0.25) is 0 Å². The SMILES string of the molecule is CC(=O)N1CC[C@@H](Cc2cccc(-c3cc(C)[nH]n3)n2)C1. The summed E-state index contributed by atoms with van der Waals surface area (Å²) in [7, 11) is 0. The number of nitrogens with one attached hydrogen (secondary N) is 1. The van der Waals surface area contributed by atoms with Crippen LogP contribution in [0.15, 0.2) is 24.3 Å². The quantitative estimate of drug-likeness (QED) is 0.939. The van der Waals surface area contributed by atoms with Gasteiger partial charge in [0, 0.05) is 31.4 Å². The van der Waals surface area contributed by atoms with E-state index in [1.165, 1.54) is 0 Å². The Bertz CT molecular complexity index is 649. The van der Waals surface area contributed by atoms with E-state index in [0.717, 1.165) is 48.7 Å². The van der Waals surface area contributed by atoms with Gasteiger partial charge >= 0.3 is 0 Å². The van der Waals surface area contributed by atoms with E-state index in [0.29, 0.717) is 5.92 Å². The Morgan fingerprint density at radius 2 is 2.29 bits per heavy atom. The van der Waals surface area contributed by atoms with Crippen LogP contribution < -0.4 is 0 Å². The number of nitrogens with zero attached hydrogens (tertiary/aromatic N) is 3. The molecule has 0 spiro atoms. The number of pyridine rings is 1. The zero-order valence-corrected chi connectivity index (χ0v) is 12.5. The molecule has 1 aliphatic rings. The molecule has 5 heteroatoms. The highest BCUT2D eigenvalue weighted by atomic mass is 16.2. The minimum absolute atomic E-state index is 0.172. The highest BCUT2D eigenvalue weighted by Crippen LogP contribution is 2.22. The largest absolute Gasteiger partial charge is 0.343 e. The Hall–Kier alpha value is -2.17. The van der Waals surface area contributed by atoms with Crippen molar-refractivity contribution in [1.82, 2.24) is 20.1 Å². The lowest BCUT2D eigenvalue weighted by molar-refractivity contribution is -0.127. The number of aryl methyl sites for hydroxylation is 1. The maximum Gasteiger partial charge on any atom is 0.219 e. The summed E-state index contributed by atoms with van der Waals surface area (Å²) in [4.78, 5) is 18.0. The first-order valence-corrected chi connectivity index (χ1v) is 7.35. The van der Waals surface area contributed by atoms with Crippen LogP contribution in [0.3, 0.4) is 0 Å². The van der Waals surface area contributed by atoms with Crippen molar-refractivity contribution in [3.05, 3.63) is 35.7 Å². The fourth-order valence-electron chi connectivity index (χ4n) is 2.87. The molecule has 3 rings (SSSR count). The molecule has 1 N–H and O–H groups in total. The van der Waals surface area contributed by atoms with E-state index < -0.39 is 0 Å². The molecule has 1 atom stereocenters. The molecule has 0 aliphatic carbocycles. The first-order chi connectivity index (χ1) is 10.1. The number of hydrogen-bond donors (Lipinski definition) is 1. The van der Waals surface area contributed by atoms with E-state index in [9.17, 15) is 4.79 Å². The maximum absolute atomic E-state index is 11.4.